The van der Waals surface area contributed by atoms with Crippen LogP contribution in [-0.2, 0) is 21.4 Å². The van der Waals surface area contributed by atoms with Gasteiger partial charge in [-0.15, -0.1) is 0 Å². The molecule has 1 aliphatic heterocycles. The van der Waals surface area contributed by atoms with Gasteiger partial charge in [0, 0.05) is 37.6 Å². The fourth-order valence-electron chi connectivity index (χ4n) is 2.52. The highest BCUT2D eigenvalue weighted by atomic mass is 35.5. The number of likely N-dealkylation sites (tertiary alicyclic amines) is 1. The lowest BCUT2D eigenvalue weighted by molar-refractivity contribution is -0.130. The van der Waals surface area contributed by atoms with Crippen LogP contribution < -0.4 is 0 Å². The average molecular weight is 345 g/mol. The van der Waals surface area contributed by atoms with E-state index in [4.69, 9.17) is 11.6 Å². The van der Waals surface area contributed by atoms with Crippen molar-refractivity contribution in [2.45, 2.75) is 25.8 Å². The van der Waals surface area contributed by atoms with Crippen molar-refractivity contribution in [3.05, 3.63) is 34.9 Å². The maximum Gasteiger partial charge on any atom is 0.223 e. The summed E-state index contributed by atoms with van der Waals surface area (Å²) in [5.74, 6) is 0.0188. The summed E-state index contributed by atoms with van der Waals surface area (Å²) in [5.41, 5.74) is 0.739. The fourth-order valence-corrected chi connectivity index (χ4v) is 3.52. The average Bonchev–Trinajstić information content (AvgIpc) is 2.98. The van der Waals surface area contributed by atoms with E-state index in [-0.39, 0.29) is 25.4 Å². The van der Waals surface area contributed by atoms with Crippen LogP contribution in [0.2, 0.25) is 5.02 Å². The van der Waals surface area contributed by atoms with E-state index in [1.807, 2.05) is 6.07 Å². The molecule has 0 spiro atoms. The predicted octanol–water partition coefficient (Wildman–Crippen LogP) is 2.11. The Labute approximate surface area is 136 Å². The first-order valence-electron chi connectivity index (χ1n) is 7.34. The minimum Gasteiger partial charge on any atom is -0.343 e. The molecule has 7 heteroatoms. The van der Waals surface area contributed by atoms with Gasteiger partial charge in [-0.3, -0.25) is 4.79 Å². The Balaban J connectivity index is 2.01. The van der Waals surface area contributed by atoms with Crippen LogP contribution in [0.4, 0.5) is 0 Å². The van der Waals surface area contributed by atoms with E-state index in [2.05, 4.69) is 0 Å². The maximum absolute atomic E-state index is 12.1. The molecule has 1 heterocycles. The third-order valence-electron chi connectivity index (χ3n) is 3.81. The van der Waals surface area contributed by atoms with Gasteiger partial charge in [-0.2, -0.15) is 4.31 Å². The van der Waals surface area contributed by atoms with Crippen molar-refractivity contribution in [2.24, 2.45) is 0 Å². The number of carbonyl (C=O) groups is 1. The molecule has 1 aliphatic rings. The quantitative estimate of drug-likeness (QED) is 0.794. The molecule has 0 N–H and O–H groups in total. The van der Waals surface area contributed by atoms with Crippen LogP contribution in [-0.4, -0.2) is 49.4 Å². The summed E-state index contributed by atoms with van der Waals surface area (Å²) in [6.07, 6.45) is 3.42. The molecule has 22 heavy (non-hydrogen) atoms. The zero-order valence-corrected chi connectivity index (χ0v) is 14.2. The lowest BCUT2D eigenvalue weighted by Gasteiger charge is -2.22. The molecule has 0 atom stereocenters. The summed E-state index contributed by atoms with van der Waals surface area (Å²) in [4.78, 5) is 13.9. The Kier molecular flexibility index (Phi) is 5.83. The lowest BCUT2D eigenvalue weighted by Crippen LogP contribution is -2.35. The number of hydrogen-bond donors (Lipinski definition) is 0. The first kappa shape index (κ1) is 17.2. The summed E-state index contributed by atoms with van der Waals surface area (Å²) >= 11 is 6.09. The molecular formula is C15H21ClN2O3S. The van der Waals surface area contributed by atoms with Crippen molar-refractivity contribution in [1.82, 2.24) is 9.21 Å². The number of nitrogens with zero attached hydrogens (tertiary/aromatic N) is 2. The minimum atomic E-state index is -3.40. The first-order valence-corrected chi connectivity index (χ1v) is 9.57. The van der Waals surface area contributed by atoms with Crippen molar-refractivity contribution in [1.29, 1.82) is 0 Å². The highest BCUT2D eigenvalue weighted by Crippen LogP contribution is 2.19. The van der Waals surface area contributed by atoms with Gasteiger partial charge in [0.15, 0.2) is 0 Å². The smallest absolute Gasteiger partial charge is 0.223 e. The van der Waals surface area contributed by atoms with Crippen molar-refractivity contribution < 1.29 is 13.2 Å². The van der Waals surface area contributed by atoms with E-state index in [9.17, 15) is 13.2 Å². The van der Waals surface area contributed by atoms with Crippen LogP contribution in [0.15, 0.2) is 24.3 Å². The number of amides is 1. The molecule has 1 aromatic carbocycles. The molecule has 0 unspecified atom stereocenters. The van der Waals surface area contributed by atoms with Crippen LogP contribution in [0.3, 0.4) is 0 Å². The molecule has 5 nitrogen and oxygen atoms in total. The lowest BCUT2D eigenvalue weighted by atomic mass is 10.2. The van der Waals surface area contributed by atoms with Crippen LogP contribution in [0, 0.1) is 0 Å². The molecule has 2 rings (SSSR count). The second kappa shape index (κ2) is 7.44. The van der Waals surface area contributed by atoms with E-state index in [0.29, 0.717) is 5.02 Å². The van der Waals surface area contributed by atoms with Gasteiger partial charge in [-0.25, -0.2) is 8.42 Å². The first-order chi connectivity index (χ1) is 10.4. The number of halogens is 1. The third-order valence-corrected chi connectivity index (χ3v) is 5.43. The third kappa shape index (κ3) is 4.69. The Morgan fingerprint density at radius 3 is 2.50 bits per heavy atom. The normalized spacial score (nSPS) is 15.5. The van der Waals surface area contributed by atoms with E-state index in [0.717, 1.165) is 37.8 Å². The van der Waals surface area contributed by atoms with Crippen LogP contribution in [0.5, 0.6) is 0 Å². The molecule has 122 valence electrons. The highest BCUT2D eigenvalue weighted by molar-refractivity contribution is 7.88. The van der Waals surface area contributed by atoms with Gasteiger partial charge >= 0.3 is 0 Å². The van der Waals surface area contributed by atoms with Gasteiger partial charge in [0.25, 0.3) is 0 Å². The Bertz CT molecular complexity index is 627. The van der Waals surface area contributed by atoms with E-state index in [1.165, 1.54) is 4.31 Å². The molecule has 1 fully saturated rings. The number of benzene rings is 1. The largest absolute Gasteiger partial charge is 0.343 e. The van der Waals surface area contributed by atoms with Crippen molar-refractivity contribution in [3.8, 4) is 0 Å². The topological polar surface area (TPSA) is 57.7 Å². The van der Waals surface area contributed by atoms with Gasteiger partial charge in [-0.05, 0) is 24.5 Å². The molecule has 0 aromatic heterocycles. The number of carbonyl (C=O) groups excluding carboxylic acids is 1. The van der Waals surface area contributed by atoms with Crippen molar-refractivity contribution in [2.75, 3.05) is 25.9 Å². The highest BCUT2D eigenvalue weighted by Gasteiger charge is 2.22. The Hall–Kier alpha value is -1.11. The van der Waals surface area contributed by atoms with Crippen LogP contribution in [0.1, 0.15) is 24.8 Å². The molecule has 0 radical (unpaired) electrons. The van der Waals surface area contributed by atoms with Crippen LogP contribution in [0.25, 0.3) is 0 Å². The van der Waals surface area contributed by atoms with Crippen molar-refractivity contribution >= 4 is 27.5 Å². The summed E-state index contributed by atoms with van der Waals surface area (Å²) in [6, 6.07) is 7.14. The number of sulfonamides is 1. The van der Waals surface area contributed by atoms with Crippen LogP contribution >= 0.6 is 11.6 Å². The maximum atomic E-state index is 12.1. The summed E-state index contributed by atoms with van der Waals surface area (Å²) in [7, 11) is -3.40. The van der Waals surface area contributed by atoms with Gasteiger partial charge in [0.05, 0.1) is 6.26 Å². The molecule has 1 saturated heterocycles. The molecule has 1 amide bonds. The number of rotatable bonds is 6. The summed E-state index contributed by atoms with van der Waals surface area (Å²) < 4.78 is 25.2. The second-order valence-corrected chi connectivity index (χ2v) is 7.92. The molecule has 1 aromatic rings. The minimum absolute atomic E-state index is 0.0188. The molecular weight excluding hydrogens is 324 g/mol. The van der Waals surface area contributed by atoms with Gasteiger partial charge < -0.3 is 4.90 Å². The van der Waals surface area contributed by atoms with Gasteiger partial charge in [-0.1, -0.05) is 29.8 Å². The van der Waals surface area contributed by atoms with Gasteiger partial charge in [0.2, 0.25) is 15.9 Å². The van der Waals surface area contributed by atoms with E-state index >= 15 is 0 Å². The number of hydrogen-bond acceptors (Lipinski definition) is 3. The van der Waals surface area contributed by atoms with Gasteiger partial charge in [0.1, 0.15) is 0 Å². The SMILES string of the molecule is CS(=O)(=O)N(CCC(=O)N1CCCC1)Cc1ccccc1Cl. The Morgan fingerprint density at radius 1 is 1.27 bits per heavy atom. The summed E-state index contributed by atoms with van der Waals surface area (Å²) in [6.45, 7) is 1.93. The van der Waals surface area contributed by atoms with Crippen molar-refractivity contribution in [3.63, 3.8) is 0 Å². The molecule has 0 saturated carbocycles. The predicted molar refractivity (Wildman–Crippen MR) is 87.1 cm³/mol. The molecule has 0 aliphatic carbocycles. The van der Waals surface area contributed by atoms with E-state index < -0.39 is 10.0 Å². The van der Waals surface area contributed by atoms with E-state index in [1.54, 1.807) is 23.1 Å². The second-order valence-electron chi connectivity index (χ2n) is 5.53. The fraction of sp³-hybridized carbons (Fsp3) is 0.533. The summed E-state index contributed by atoms with van der Waals surface area (Å²) in [5, 5.41) is 0.530. The Morgan fingerprint density at radius 2 is 1.91 bits per heavy atom. The monoisotopic (exact) mass is 344 g/mol. The molecule has 0 bridgehead atoms. The standard InChI is InChI=1S/C15H21ClN2O3S/c1-22(20,21)18(12-13-6-2-3-7-14(13)16)11-8-15(19)17-9-4-5-10-17/h2-3,6-7H,4-5,8-12H2,1H3. The zero-order valence-electron chi connectivity index (χ0n) is 12.7. The zero-order chi connectivity index (χ0) is 16.2.